The third-order valence-electron chi connectivity index (χ3n) is 4.34. The molecule has 0 bridgehead atoms. The number of piperidine rings is 1. The summed E-state index contributed by atoms with van der Waals surface area (Å²) in [6, 6.07) is 8.17. The normalized spacial score (nSPS) is 18.7. The maximum absolute atomic E-state index is 5.50. The van der Waals surface area contributed by atoms with Gasteiger partial charge in [-0.25, -0.2) is 0 Å². The summed E-state index contributed by atoms with van der Waals surface area (Å²) in [5.74, 6) is 1.61. The maximum Gasteiger partial charge on any atom is 0.126 e. The fourth-order valence-electron chi connectivity index (χ4n) is 3.17. The smallest absolute Gasteiger partial charge is 0.126 e. The molecule has 4 heteroatoms. The molecule has 1 saturated heterocycles. The first-order chi connectivity index (χ1) is 10.3. The van der Waals surface area contributed by atoms with Crippen LogP contribution in [0.1, 0.15) is 18.5 Å². The monoisotopic (exact) mass is 285 g/mol. The highest BCUT2D eigenvalue weighted by atomic mass is 16.5. The van der Waals surface area contributed by atoms with E-state index in [2.05, 4.69) is 22.5 Å². The second-order valence-corrected chi connectivity index (χ2v) is 5.75. The molecule has 1 atom stereocenters. The molecule has 1 aromatic carbocycles. The van der Waals surface area contributed by atoms with Crippen molar-refractivity contribution in [2.24, 2.45) is 13.0 Å². The van der Waals surface area contributed by atoms with Crippen LogP contribution in [0.3, 0.4) is 0 Å². The molecule has 1 aliphatic rings. The molecule has 4 nitrogen and oxygen atoms in total. The molecule has 0 aliphatic carbocycles. The molecule has 0 radical (unpaired) electrons. The summed E-state index contributed by atoms with van der Waals surface area (Å²) in [5, 5.41) is 7.97. The Kier molecular flexibility index (Phi) is 4.25. The minimum absolute atomic E-state index is 0.697. The Labute approximate surface area is 126 Å². The van der Waals surface area contributed by atoms with Crippen molar-refractivity contribution in [2.75, 3.05) is 20.2 Å². The molecule has 2 aromatic rings. The number of nitrogens with zero attached hydrogens (tertiary/aromatic N) is 2. The van der Waals surface area contributed by atoms with Gasteiger partial charge in [0.05, 0.1) is 13.3 Å². The molecule has 1 unspecified atom stereocenters. The van der Waals surface area contributed by atoms with Crippen molar-refractivity contribution in [1.29, 1.82) is 0 Å². The minimum Gasteiger partial charge on any atom is -0.496 e. The van der Waals surface area contributed by atoms with Gasteiger partial charge in [-0.1, -0.05) is 18.2 Å². The Bertz CT molecular complexity index is 600. The molecule has 3 rings (SSSR count). The molecule has 0 amide bonds. The number of hydrogen-bond acceptors (Lipinski definition) is 3. The Hall–Kier alpha value is -1.81. The average molecular weight is 285 g/mol. The van der Waals surface area contributed by atoms with Crippen molar-refractivity contribution < 1.29 is 4.74 Å². The maximum atomic E-state index is 5.50. The number of nitrogens with one attached hydrogen (secondary N) is 1. The molecule has 21 heavy (non-hydrogen) atoms. The first-order valence-corrected chi connectivity index (χ1v) is 7.64. The molecule has 1 N–H and O–H groups in total. The van der Waals surface area contributed by atoms with Crippen molar-refractivity contribution >= 4 is 0 Å². The topological polar surface area (TPSA) is 39.1 Å². The van der Waals surface area contributed by atoms with Crippen LogP contribution in [0.4, 0.5) is 0 Å². The number of rotatable bonds is 4. The molecule has 1 aliphatic heterocycles. The molecule has 0 spiro atoms. The first-order valence-electron chi connectivity index (χ1n) is 7.64. The van der Waals surface area contributed by atoms with E-state index in [0.29, 0.717) is 5.92 Å². The van der Waals surface area contributed by atoms with Crippen molar-refractivity contribution in [3.63, 3.8) is 0 Å². The lowest BCUT2D eigenvalue weighted by atomic mass is 9.92. The van der Waals surface area contributed by atoms with Crippen LogP contribution in [0.25, 0.3) is 11.1 Å². The summed E-state index contributed by atoms with van der Waals surface area (Å²) in [6.07, 6.45) is 5.59. The Morgan fingerprint density at radius 1 is 1.33 bits per heavy atom. The fourth-order valence-corrected chi connectivity index (χ4v) is 3.17. The van der Waals surface area contributed by atoms with Gasteiger partial charge in [0.1, 0.15) is 5.75 Å². The standard InChI is InChI=1S/C17H23N3O/c1-20-16(10-13-6-5-9-18-11-13)15(12-19-20)14-7-3-4-8-17(14)21-2/h3-4,7-8,12-13,18H,5-6,9-11H2,1-2H3. The van der Waals surface area contributed by atoms with Crippen LogP contribution in [0, 0.1) is 5.92 Å². The van der Waals surface area contributed by atoms with E-state index < -0.39 is 0 Å². The lowest BCUT2D eigenvalue weighted by molar-refractivity contribution is 0.369. The van der Waals surface area contributed by atoms with Gasteiger partial charge >= 0.3 is 0 Å². The second-order valence-electron chi connectivity index (χ2n) is 5.75. The molecule has 1 fully saturated rings. The van der Waals surface area contributed by atoms with Gasteiger partial charge in [0.2, 0.25) is 0 Å². The molecular formula is C17H23N3O. The number of para-hydroxylation sites is 1. The second kappa shape index (κ2) is 6.31. The minimum atomic E-state index is 0.697. The van der Waals surface area contributed by atoms with E-state index in [9.17, 15) is 0 Å². The van der Waals surface area contributed by atoms with Crippen LogP contribution in [0.2, 0.25) is 0 Å². The first kappa shape index (κ1) is 14.1. The number of benzene rings is 1. The van der Waals surface area contributed by atoms with E-state index in [0.717, 1.165) is 30.8 Å². The molecule has 112 valence electrons. The molecular weight excluding hydrogens is 262 g/mol. The largest absolute Gasteiger partial charge is 0.496 e. The lowest BCUT2D eigenvalue weighted by Gasteiger charge is -2.23. The predicted octanol–water partition coefficient (Wildman–Crippen LogP) is 2.64. The van der Waals surface area contributed by atoms with E-state index >= 15 is 0 Å². The number of hydrogen-bond donors (Lipinski definition) is 1. The highest BCUT2D eigenvalue weighted by Gasteiger charge is 2.20. The third kappa shape index (κ3) is 2.95. The van der Waals surface area contributed by atoms with Crippen LogP contribution < -0.4 is 10.1 Å². The van der Waals surface area contributed by atoms with Crippen LogP contribution >= 0.6 is 0 Å². The van der Waals surface area contributed by atoms with Crippen molar-refractivity contribution in [3.05, 3.63) is 36.2 Å². The quantitative estimate of drug-likeness (QED) is 0.938. The fraction of sp³-hybridized carbons (Fsp3) is 0.471. The van der Waals surface area contributed by atoms with Gasteiger partial charge in [-0.2, -0.15) is 5.10 Å². The van der Waals surface area contributed by atoms with Gasteiger partial charge in [0.25, 0.3) is 0 Å². The summed E-state index contributed by atoms with van der Waals surface area (Å²) in [4.78, 5) is 0. The van der Waals surface area contributed by atoms with Gasteiger partial charge in [-0.15, -0.1) is 0 Å². The van der Waals surface area contributed by atoms with Crippen LogP contribution in [-0.2, 0) is 13.5 Å². The molecule has 1 aromatic heterocycles. The van der Waals surface area contributed by atoms with Gasteiger partial charge in [-0.3, -0.25) is 4.68 Å². The Morgan fingerprint density at radius 2 is 2.19 bits per heavy atom. The van der Waals surface area contributed by atoms with Crippen LogP contribution in [-0.4, -0.2) is 30.0 Å². The molecule has 2 heterocycles. The predicted molar refractivity (Wildman–Crippen MR) is 84.5 cm³/mol. The zero-order chi connectivity index (χ0) is 14.7. The highest BCUT2D eigenvalue weighted by Crippen LogP contribution is 2.33. The highest BCUT2D eigenvalue weighted by molar-refractivity contribution is 5.72. The van der Waals surface area contributed by atoms with Crippen molar-refractivity contribution in [1.82, 2.24) is 15.1 Å². The van der Waals surface area contributed by atoms with Gasteiger partial charge in [0, 0.05) is 23.9 Å². The summed E-state index contributed by atoms with van der Waals surface area (Å²) < 4.78 is 7.51. The van der Waals surface area contributed by atoms with Gasteiger partial charge < -0.3 is 10.1 Å². The Morgan fingerprint density at radius 3 is 2.95 bits per heavy atom. The van der Waals surface area contributed by atoms with E-state index in [1.807, 2.05) is 30.1 Å². The zero-order valence-corrected chi connectivity index (χ0v) is 12.8. The van der Waals surface area contributed by atoms with Crippen LogP contribution in [0.5, 0.6) is 5.75 Å². The summed E-state index contributed by atoms with van der Waals surface area (Å²) in [6.45, 7) is 2.26. The Balaban J connectivity index is 1.92. The summed E-state index contributed by atoms with van der Waals surface area (Å²) >= 11 is 0. The zero-order valence-electron chi connectivity index (χ0n) is 12.8. The van der Waals surface area contributed by atoms with E-state index in [1.165, 1.54) is 24.1 Å². The summed E-state index contributed by atoms with van der Waals surface area (Å²) in [5.41, 5.74) is 3.63. The van der Waals surface area contributed by atoms with E-state index in [1.54, 1.807) is 7.11 Å². The summed E-state index contributed by atoms with van der Waals surface area (Å²) in [7, 11) is 3.75. The number of ether oxygens (including phenoxy) is 1. The van der Waals surface area contributed by atoms with E-state index in [-0.39, 0.29) is 0 Å². The number of aromatic nitrogens is 2. The lowest BCUT2D eigenvalue weighted by Crippen LogP contribution is -2.31. The van der Waals surface area contributed by atoms with E-state index in [4.69, 9.17) is 4.74 Å². The van der Waals surface area contributed by atoms with Gasteiger partial charge in [-0.05, 0) is 44.3 Å². The average Bonchev–Trinajstić information content (AvgIpc) is 2.89. The van der Waals surface area contributed by atoms with Crippen molar-refractivity contribution in [2.45, 2.75) is 19.3 Å². The van der Waals surface area contributed by atoms with Crippen molar-refractivity contribution in [3.8, 4) is 16.9 Å². The van der Waals surface area contributed by atoms with Crippen LogP contribution in [0.15, 0.2) is 30.5 Å². The number of aryl methyl sites for hydroxylation is 1. The molecule has 0 saturated carbocycles. The number of methoxy groups -OCH3 is 1. The third-order valence-corrected chi connectivity index (χ3v) is 4.34. The SMILES string of the molecule is COc1ccccc1-c1cnn(C)c1CC1CCCNC1. The van der Waals surface area contributed by atoms with Gasteiger partial charge in [0.15, 0.2) is 0 Å².